The van der Waals surface area contributed by atoms with E-state index in [9.17, 15) is 10.1 Å². The van der Waals surface area contributed by atoms with Gasteiger partial charge in [0.25, 0.3) is 5.69 Å². The van der Waals surface area contributed by atoms with Crippen molar-refractivity contribution in [3.8, 4) is 11.6 Å². The van der Waals surface area contributed by atoms with E-state index < -0.39 is 4.92 Å². The number of hydrogen-bond donors (Lipinski definition) is 1. The molecule has 6 heteroatoms. The molecule has 0 aliphatic carbocycles. The number of aryl methyl sites for hydroxylation is 1. The highest BCUT2D eigenvalue weighted by molar-refractivity contribution is 5.42. The van der Waals surface area contributed by atoms with Gasteiger partial charge in [0.1, 0.15) is 5.75 Å². The maximum Gasteiger partial charge on any atom is 0.279 e. The Balaban J connectivity index is 2.23. The maximum absolute atomic E-state index is 10.9. The Morgan fingerprint density at radius 3 is 2.90 bits per heavy atom. The number of pyridine rings is 1. The number of benzene rings is 1. The van der Waals surface area contributed by atoms with Crippen LogP contribution in [-0.2, 0) is 6.54 Å². The molecule has 1 aromatic carbocycles. The lowest BCUT2D eigenvalue weighted by Gasteiger charge is -2.07. The fourth-order valence-corrected chi connectivity index (χ4v) is 1.79. The van der Waals surface area contributed by atoms with Crippen molar-refractivity contribution >= 4 is 5.69 Å². The molecule has 0 saturated heterocycles. The van der Waals surface area contributed by atoms with Gasteiger partial charge in [0.15, 0.2) is 0 Å². The van der Waals surface area contributed by atoms with Crippen LogP contribution in [0, 0.1) is 17.0 Å². The Morgan fingerprint density at radius 1 is 1.40 bits per heavy atom. The molecule has 0 atom stereocenters. The van der Waals surface area contributed by atoms with Crippen molar-refractivity contribution in [1.29, 1.82) is 0 Å². The number of hydrogen-bond acceptors (Lipinski definition) is 5. The van der Waals surface area contributed by atoms with E-state index >= 15 is 0 Å². The average Bonchev–Trinajstić information content (AvgIpc) is 2.41. The third-order valence-corrected chi connectivity index (χ3v) is 2.75. The molecule has 104 valence electrons. The standard InChI is InChI=1S/C14H15N3O3/c1-10-8-16-14(7-13(10)17(18)19)20-12-5-3-4-11(6-12)9-15-2/h3-8,15H,9H2,1-2H3. The zero-order valence-corrected chi connectivity index (χ0v) is 11.3. The second-order valence-corrected chi connectivity index (χ2v) is 4.35. The molecule has 0 aliphatic rings. The Kier molecular flexibility index (Phi) is 4.27. The minimum Gasteiger partial charge on any atom is -0.439 e. The summed E-state index contributed by atoms with van der Waals surface area (Å²) in [5.41, 5.74) is 1.57. The minimum absolute atomic E-state index is 0.00128. The van der Waals surface area contributed by atoms with Crippen molar-refractivity contribution in [3.05, 3.63) is 57.8 Å². The van der Waals surface area contributed by atoms with Gasteiger partial charge in [-0.05, 0) is 31.7 Å². The molecule has 2 rings (SSSR count). The first-order valence-electron chi connectivity index (χ1n) is 6.12. The van der Waals surface area contributed by atoms with E-state index in [0.717, 1.165) is 12.1 Å². The Bertz CT molecular complexity index is 629. The van der Waals surface area contributed by atoms with Crippen molar-refractivity contribution in [2.75, 3.05) is 7.05 Å². The lowest BCUT2D eigenvalue weighted by Crippen LogP contribution is -2.04. The van der Waals surface area contributed by atoms with Crippen LogP contribution in [0.5, 0.6) is 11.6 Å². The second kappa shape index (κ2) is 6.12. The first kappa shape index (κ1) is 14.0. The predicted octanol–water partition coefficient (Wildman–Crippen LogP) is 2.81. The molecule has 0 radical (unpaired) electrons. The van der Waals surface area contributed by atoms with Crippen molar-refractivity contribution < 1.29 is 9.66 Å². The van der Waals surface area contributed by atoms with Gasteiger partial charge in [-0.15, -0.1) is 0 Å². The average molecular weight is 273 g/mol. The molecule has 2 aromatic rings. The molecule has 0 bridgehead atoms. The number of nitrogens with one attached hydrogen (secondary N) is 1. The third kappa shape index (κ3) is 3.30. The number of nitro groups is 1. The van der Waals surface area contributed by atoms with E-state index in [1.54, 1.807) is 13.0 Å². The van der Waals surface area contributed by atoms with Crippen molar-refractivity contribution in [3.63, 3.8) is 0 Å². The fourth-order valence-electron chi connectivity index (χ4n) is 1.79. The molecule has 20 heavy (non-hydrogen) atoms. The van der Waals surface area contributed by atoms with Crippen LogP contribution in [0.25, 0.3) is 0 Å². The highest BCUT2D eigenvalue weighted by Gasteiger charge is 2.13. The Morgan fingerprint density at radius 2 is 2.20 bits per heavy atom. The molecule has 1 aromatic heterocycles. The lowest BCUT2D eigenvalue weighted by molar-refractivity contribution is -0.385. The zero-order chi connectivity index (χ0) is 14.5. The van der Waals surface area contributed by atoms with Gasteiger partial charge < -0.3 is 10.1 Å². The SMILES string of the molecule is CNCc1cccc(Oc2cc([N+](=O)[O-])c(C)cn2)c1. The summed E-state index contributed by atoms with van der Waals surface area (Å²) in [4.78, 5) is 14.5. The summed E-state index contributed by atoms with van der Waals surface area (Å²) < 4.78 is 5.57. The number of rotatable bonds is 5. The highest BCUT2D eigenvalue weighted by Crippen LogP contribution is 2.25. The molecular weight excluding hydrogens is 258 g/mol. The molecule has 0 saturated carbocycles. The number of aromatic nitrogens is 1. The molecular formula is C14H15N3O3. The van der Waals surface area contributed by atoms with Gasteiger partial charge in [0.05, 0.1) is 11.0 Å². The van der Waals surface area contributed by atoms with Gasteiger partial charge in [0.2, 0.25) is 5.88 Å². The summed E-state index contributed by atoms with van der Waals surface area (Å²) in [5.74, 6) is 0.812. The molecule has 0 unspecified atom stereocenters. The molecule has 0 fully saturated rings. The largest absolute Gasteiger partial charge is 0.439 e. The van der Waals surface area contributed by atoms with Gasteiger partial charge >= 0.3 is 0 Å². The highest BCUT2D eigenvalue weighted by atomic mass is 16.6. The van der Waals surface area contributed by atoms with Crippen LogP contribution in [0.3, 0.4) is 0 Å². The summed E-state index contributed by atoms with van der Waals surface area (Å²) in [7, 11) is 1.86. The molecule has 0 aliphatic heterocycles. The van der Waals surface area contributed by atoms with Crippen molar-refractivity contribution in [1.82, 2.24) is 10.3 Å². The van der Waals surface area contributed by atoms with Crippen LogP contribution in [0.4, 0.5) is 5.69 Å². The van der Waals surface area contributed by atoms with E-state index in [2.05, 4.69) is 10.3 Å². The fraction of sp³-hybridized carbons (Fsp3) is 0.214. The monoisotopic (exact) mass is 273 g/mol. The summed E-state index contributed by atoms with van der Waals surface area (Å²) in [6.07, 6.45) is 1.44. The first-order valence-corrected chi connectivity index (χ1v) is 6.12. The molecule has 0 amide bonds. The van der Waals surface area contributed by atoms with E-state index in [1.165, 1.54) is 12.3 Å². The van der Waals surface area contributed by atoms with Crippen molar-refractivity contribution in [2.24, 2.45) is 0 Å². The van der Waals surface area contributed by atoms with Crippen LogP contribution >= 0.6 is 0 Å². The maximum atomic E-state index is 10.9. The van der Waals surface area contributed by atoms with Gasteiger partial charge in [-0.25, -0.2) is 4.98 Å². The lowest BCUT2D eigenvalue weighted by atomic mass is 10.2. The van der Waals surface area contributed by atoms with Gasteiger partial charge in [0, 0.05) is 18.3 Å². The van der Waals surface area contributed by atoms with E-state index in [1.807, 2.05) is 25.2 Å². The molecule has 1 heterocycles. The van der Waals surface area contributed by atoms with Crippen LogP contribution < -0.4 is 10.1 Å². The van der Waals surface area contributed by atoms with Gasteiger partial charge in [-0.2, -0.15) is 0 Å². The van der Waals surface area contributed by atoms with E-state index in [4.69, 9.17) is 4.74 Å². The van der Waals surface area contributed by atoms with Crippen molar-refractivity contribution in [2.45, 2.75) is 13.5 Å². The third-order valence-electron chi connectivity index (χ3n) is 2.75. The summed E-state index contributed by atoms with van der Waals surface area (Å²) in [5, 5.41) is 13.9. The number of ether oxygens (including phenoxy) is 1. The predicted molar refractivity (Wildman–Crippen MR) is 74.9 cm³/mol. The van der Waals surface area contributed by atoms with Gasteiger partial charge in [-0.3, -0.25) is 10.1 Å². The van der Waals surface area contributed by atoms with E-state index in [-0.39, 0.29) is 11.6 Å². The second-order valence-electron chi connectivity index (χ2n) is 4.35. The summed E-state index contributed by atoms with van der Waals surface area (Å²) in [6.45, 7) is 2.36. The topological polar surface area (TPSA) is 77.3 Å². The first-order chi connectivity index (χ1) is 9.60. The summed E-state index contributed by atoms with van der Waals surface area (Å²) >= 11 is 0. The van der Waals surface area contributed by atoms with Crippen LogP contribution in [0.1, 0.15) is 11.1 Å². The van der Waals surface area contributed by atoms with Gasteiger partial charge in [-0.1, -0.05) is 12.1 Å². The normalized spacial score (nSPS) is 10.3. The van der Waals surface area contributed by atoms with Crippen LogP contribution in [0.15, 0.2) is 36.5 Å². The molecule has 1 N–H and O–H groups in total. The Hall–Kier alpha value is -2.47. The molecule has 0 spiro atoms. The minimum atomic E-state index is -0.443. The van der Waals surface area contributed by atoms with Crippen LogP contribution in [-0.4, -0.2) is 17.0 Å². The van der Waals surface area contributed by atoms with E-state index in [0.29, 0.717) is 11.3 Å². The Labute approximate surface area is 116 Å². The molecule has 6 nitrogen and oxygen atoms in total. The van der Waals surface area contributed by atoms with Crippen LogP contribution in [0.2, 0.25) is 0 Å². The zero-order valence-electron chi connectivity index (χ0n) is 11.3. The quantitative estimate of drug-likeness (QED) is 0.669. The number of nitrogens with zero attached hydrogens (tertiary/aromatic N) is 2. The summed E-state index contributed by atoms with van der Waals surface area (Å²) in [6, 6.07) is 8.81. The smallest absolute Gasteiger partial charge is 0.279 e.